The number of aliphatic hydroxyl groups excluding tert-OH is 1. The fourth-order valence-corrected chi connectivity index (χ4v) is 2.63. The Bertz CT molecular complexity index is 917. The zero-order valence-corrected chi connectivity index (χ0v) is 15.5. The molecule has 0 aliphatic rings. The van der Waals surface area contributed by atoms with Crippen molar-refractivity contribution in [2.24, 2.45) is 0 Å². The van der Waals surface area contributed by atoms with Gasteiger partial charge in [0.15, 0.2) is 5.82 Å². The van der Waals surface area contributed by atoms with Crippen LogP contribution in [-0.4, -0.2) is 38.0 Å². The Morgan fingerprint density at radius 3 is 2.57 bits per heavy atom. The minimum absolute atomic E-state index is 0.129. The van der Waals surface area contributed by atoms with E-state index in [0.29, 0.717) is 23.0 Å². The molecule has 2 aromatic carbocycles. The Hall–Kier alpha value is -3.04. The number of hydrogen-bond acceptors (Lipinski definition) is 5. The first-order valence-corrected chi connectivity index (χ1v) is 8.87. The van der Waals surface area contributed by atoms with E-state index < -0.39 is 17.9 Å². The van der Waals surface area contributed by atoms with E-state index in [2.05, 4.69) is 26.0 Å². The molecule has 3 rings (SSSR count). The molecular weight excluding hydrogens is 387 g/mol. The summed E-state index contributed by atoms with van der Waals surface area (Å²) in [5, 5.41) is 27.1. The van der Waals surface area contributed by atoms with E-state index in [1.54, 1.807) is 12.1 Å². The number of nitrogens with zero attached hydrogens (tertiary/aromatic N) is 4. The van der Waals surface area contributed by atoms with Crippen LogP contribution < -0.4 is 10.6 Å². The minimum atomic E-state index is -0.575. The largest absolute Gasteiger partial charge is 0.394 e. The summed E-state index contributed by atoms with van der Waals surface area (Å²) >= 11 is 5.92. The van der Waals surface area contributed by atoms with Crippen molar-refractivity contribution >= 4 is 23.3 Å². The maximum atomic E-state index is 13.0. The van der Waals surface area contributed by atoms with Crippen LogP contribution in [0.1, 0.15) is 17.4 Å². The van der Waals surface area contributed by atoms with Crippen molar-refractivity contribution in [3.8, 4) is 0 Å². The summed E-state index contributed by atoms with van der Waals surface area (Å²) in [7, 11) is 0. The van der Waals surface area contributed by atoms with Crippen molar-refractivity contribution in [3.05, 3.63) is 70.8 Å². The zero-order chi connectivity index (χ0) is 19.9. The number of rotatable bonds is 7. The summed E-state index contributed by atoms with van der Waals surface area (Å²) in [6.45, 7) is 0.0680. The van der Waals surface area contributed by atoms with Gasteiger partial charge < -0.3 is 15.7 Å². The maximum Gasteiger partial charge on any atom is 0.319 e. The van der Waals surface area contributed by atoms with Gasteiger partial charge in [-0.15, -0.1) is 10.2 Å². The van der Waals surface area contributed by atoms with E-state index >= 15 is 0 Å². The van der Waals surface area contributed by atoms with Gasteiger partial charge >= 0.3 is 6.03 Å². The van der Waals surface area contributed by atoms with Gasteiger partial charge in [0.1, 0.15) is 5.82 Å². The minimum Gasteiger partial charge on any atom is -0.394 e. The number of nitrogens with one attached hydrogen (secondary N) is 2. The molecule has 1 aromatic heterocycles. The predicted molar refractivity (Wildman–Crippen MR) is 101 cm³/mol. The number of hydrogen-bond donors (Lipinski definition) is 3. The Morgan fingerprint density at radius 2 is 1.89 bits per heavy atom. The molecule has 8 nitrogen and oxygen atoms in total. The van der Waals surface area contributed by atoms with E-state index in [9.17, 15) is 9.18 Å². The second kappa shape index (κ2) is 9.25. The van der Waals surface area contributed by atoms with E-state index in [-0.39, 0.29) is 13.2 Å². The zero-order valence-electron chi connectivity index (χ0n) is 14.7. The highest BCUT2D eigenvalue weighted by molar-refractivity contribution is 6.30. The summed E-state index contributed by atoms with van der Waals surface area (Å²) in [5.41, 5.74) is 1.36. The molecule has 0 fully saturated rings. The van der Waals surface area contributed by atoms with Crippen LogP contribution in [0.5, 0.6) is 0 Å². The van der Waals surface area contributed by atoms with Crippen LogP contribution >= 0.6 is 11.6 Å². The molecule has 1 heterocycles. The van der Waals surface area contributed by atoms with Gasteiger partial charge in [-0.25, -0.2) is 9.18 Å². The summed E-state index contributed by atoms with van der Waals surface area (Å²) in [5.74, 6) is -0.0890. The molecule has 28 heavy (non-hydrogen) atoms. The number of anilines is 1. The summed E-state index contributed by atoms with van der Waals surface area (Å²) < 4.78 is 13.0. The highest BCUT2D eigenvalue weighted by Gasteiger charge is 2.20. The molecule has 1 atom stereocenters. The number of aromatic nitrogens is 4. The molecule has 0 bridgehead atoms. The number of aliphatic hydroxyl groups is 1. The Kier molecular flexibility index (Phi) is 6.51. The molecule has 0 saturated carbocycles. The van der Waals surface area contributed by atoms with Gasteiger partial charge in [-0.1, -0.05) is 23.7 Å². The van der Waals surface area contributed by atoms with Crippen LogP contribution in [0, 0.1) is 5.82 Å². The first kappa shape index (κ1) is 19.7. The molecule has 3 N–H and O–H groups in total. The molecule has 3 aromatic rings. The van der Waals surface area contributed by atoms with Crippen molar-refractivity contribution in [3.63, 3.8) is 0 Å². The van der Waals surface area contributed by atoms with E-state index in [4.69, 9.17) is 16.7 Å². The quantitative estimate of drug-likeness (QED) is 0.561. The van der Waals surface area contributed by atoms with Gasteiger partial charge in [0.2, 0.25) is 0 Å². The average molecular weight is 405 g/mol. The smallest absolute Gasteiger partial charge is 0.319 e. The lowest BCUT2D eigenvalue weighted by atomic mass is 10.1. The Morgan fingerprint density at radius 1 is 1.18 bits per heavy atom. The second-order valence-electron chi connectivity index (χ2n) is 5.96. The molecule has 0 spiro atoms. The molecule has 0 unspecified atom stereocenters. The molecule has 0 aliphatic heterocycles. The number of halogens is 2. The first-order valence-electron chi connectivity index (χ1n) is 8.49. The Labute approximate surface area is 165 Å². The first-order chi connectivity index (χ1) is 13.5. The van der Waals surface area contributed by atoms with Gasteiger partial charge in [0, 0.05) is 17.1 Å². The van der Waals surface area contributed by atoms with Crippen LogP contribution in [0.25, 0.3) is 0 Å². The number of urea groups is 1. The SMILES string of the molecule is O=C(Nc1ccc(F)cc1)N[C@@H](Cc1ccc(Cl)cc1)c1nnn(CCO)n1. The summed E-state index contributed by atoms with van der Waals surface area (Å²) in [4.78, 5) is 13.7. The average Bonchev–Trinajstić information content (AvgIpc) is 3.14. The highest BCUT2D eigenvalue weighted by atomic mass is 35.5. The molecule has 0 radical (unpaired) electrons. The van der Waals surface area contributed by atoms with Crippen molar-refractivity contribution in [2.75, 3.05) is 11.9 Å². The highest BCUT2D eigenvalue weighted by Crippen LogP contribution is 2.18. The van der Waals surface area contributed by atoms with E-state index in [1.807, 2.05) is 12.1 Å². The normalized spacial score (nSPS) is 11.8. The topological polar surface area (TPSA) is 105 Å². The van der Waals surface area contributed by atoms with E-state index in [1.165, 1.54) is 29.1 Å². The molecule has 0 saturated heterocycles. The van der Waals surface area contributed by atoms with Gasteiger partial charge in [-0.05, 0) is 47.2 Å². The third kappa shape index (κ3) is 5.48. The summed E-state index contributed by atoms with van der Waals surface area (Å²) in [6.07, 6.45) is 0.402. The lowest BCUT2D eigenvalue weighted by molar-refractivity contribution is 0.247. The molecule has 10 heteroatoms. The number of amides is 2. The fourth-order valence-electron chi connectivity index (χ4n) is 2.50. The molecule has 146 valence electrons. The van der Waals surface area contributed by atoms with Crippen molar-refractivity contribution in [1.82, 2.24) is 25.5 Å². The third-order valence-corrected chi connectivity index (χ3v) is 4.09. The standard InChI is InChI=1S/C18H18ClFN6O2/c19-13-3-1-12(2-4-13)11-16(17-23-25-26(24-17)9-10-27)22-18(28)21-15-7-5-14(20)6-8-15/h1-8,16,27H,9-11H2,(H2,21,22,28)/t16-/m0/s1. The van der Waals surface area contributed by atoms with Crippen molar-refractivity contribution < 1.29 is 14.3 Å². The number of carbonyl (C=O) groups excluding carboxylic acids is 1. The monoisotopic (exact) mass is 404 g/mol. The number of benzene rings is 2. The third-order valence-electron chi connectivity index (χ3n) is 3.84. The van der Waals surface area contributed by atoms with Crippen LogP contribution in [0.4, 0.5) is 14.9 Å². The lowest BCUT2D eigenvalue weighted by Gasteiger charge is -2.16. The van der Waals surface area contributed by atoms with Gasteiger partial charge in [-0.2, -0.15) is 4.80 Å². The lowest BCUT2D eigenvalue weighted by Crippen LogP contribution is -2.34. The van der Waals surface area contributed by atoms with Crippen LogP contribution in [-0.2, 0) is 13.0 Å². The van der Waals surface area contributed by atoms with Crippen LogP contribution in [0.3, 0.4) is 0 Å². The van der Waals surface area contributed by atoms with E-state index in [0.717, 1.165) is 5.56 Å². The molecule has 0 aliphatic carbocycles. The van der Waals surface area contributed by atoms with Crippen molar-refractivity contribution in [1.29, 1.82) is 0 Å². The predicted octanol–water partition coefficient (Wildman–Crippen LogP) is 2.56. The van der Waals surface area contributed by atoms with Crippen LogP contribution in [0.15, 0.2) is 48.5 Å². The maximum absolute atomic E-state index is 13.0. The Balaban J connectivity index is 1.75. The van der Waals surface area contributed by atoms with Gasteiger partial charge in [-0.3, -0.25) is 0 Å². The van der Waals surface area contributed by atoms with Crippen molar-refractivity contribution in [2.45, 2.75) is 19.0 Å². The summed E-state index contributed by atoms with van der Waals surface area (Å²) in [6, 6.07) is 11.5. The van der Waals surface area contributed by atoms with Crippen LogP contribution in [0.2, 0.25) is 5.02 Å². The molecule has 2 amide bonds. The number of carbonyl (C=O) groups is 1. The van der Waals surface area contributed by atoms with Gasteiger partial charge in [0.05, 0.1) is 19.2 Å². The second-order valence-corrected chi connectivity index (χ2v) is 6.39. The molecular formula is C18H18ClFN6O2. The number of tetrazole rings is 1. The van der Waals surface area contributed by atoms with Gasteiger partial charge in [0.25, 0.3) is 0 Å². The fraction of sp³-hybridized carbons (Fsp3) is 0.222.